The van der Waals surface area contributed by atoms with E-state index in [2.05, 4.69) is 11.8 Å². The Morgan fingerprint density at radius 2 is 2.05 bits per heavy atom. The summed E-state index contributed by atoms with van der Waals surface area (Å²) in [4.78, 5) is 0. The highest BCUT2D eigenvalue weighted by atomic mass is 35.5. The molecule has 0 saturated carbocycles. The van der Waals surface area contributed by atoms with Crippen molar-refractivity contribution in [2.24, 2.45) is 0 Å². The highest BCUT2D eigenvalue weighted by Crippen LogP contribution is 2.21. The lowest BCUT2D eigenvalue weighted by Crippen LogP contribution is -1.97. The van der Waals surface area contributed by atoms with Crippen molar-refractivity contribution in [3.8, 4) is 17.6 Å². The van der Waals surface area contributed by atoms with E-state index in [0.29, 0.717) is 10.8 Å². The van der Waals surface area contributed by atoms with Crippen molar-refractivity contribution in [3.63, 3.8) is 0 Å². The van der Waals surface area contributed by atoms with Crippen LogP contribution in [0.2, 0.25) is 5.02 Å². The summed E-state index contributed by atoms with van der Waals surface area (Å²) >= 11 is 5.95. The second-order valence-electron chi connectivity index (χ2n) is 4.46. The van der Waals surface area contributed by atoms with Gasteiger partial charge in [-0.3, -0.25) is 0 Å². The smallest absolute Gasteiger partial charge is 0.124 e. The van der Waals surface area contributed by atoms with E-state index in [-0.39, 0.29) is 19.0 Å². The molecule has 2 rings (SSSR count). The Kier molecular flexibility index (Phi) is 5.21. The minimum absolute atomic E-state index is 0.166. The van der Waals surface area contributed by atoms with Gasteiger partial charge in [0.1, 0.15) is 24.8 Å². The van der Waals surface area contributed by atoms with Gasteiger partial charge in [-0.05, 0) is 42.8 Å². The van der Waals surface area contributed by atoms with Gasteiger partial charge in [0.25, 0.3) is 0 Å². The van der Waals surface area contributed by atoms with Gasteiger partial charge in [0, 0.05) is 11.1 Å². The molecule has 0 radical (unpaired) electrons. The Labute approximate surface area is 128 Å². The largest absolute Gasteiger partial charge is 0.489 e. The van der Waals surface area contributed by atoms with Crippen molar-refractivity contribution < 1.29 is 14.2 Å². The fraction of sp³-hybridized carbons (Fsp3) is 0.176. The minimum Gasteiger partial charge on any atom is -0.489 e. The number of aliphatic hydroxyl groups excluding tert-OH is 1. The van der Waals surface area contributed by atoms with Gasteiger partial charge < -0.3 is 9.84 Å². The highest BCUT2D eigenvalue weighted by Gasteiger charge is 2.04. The van der Waals surface area contributed by atoms with E-state index in [1.807, 2.05) is 19.1 Å². The molecule has 0 aliphatic heterocycles. The fourth-order valence-corrected chi connectivity index (χ4v) is 2.02. The summed E-state index contributed by atoms with van der Waals surface area (Å²) in [6, 6.07) is 9.71. The quantitative estimate of drug-likeness (QED) is 0.876. The van der Waals surface area contributed by atoms with Crippen LogP contribution in [0, 0.1) is 24.6 Å². The Morgan fingerprint density at radius 1 is 1.24 bits per heavy atom. The molecule has 0 spiro atoms. The molecule has 0 saturated heterocycles. The first kappa shape index (κ1) is 15.4. The van der Waals surface area contributed by atoms with Gasteiger partial charge in [0.15, 0.2) is 0 Å². The molecule has 108 valence electrons. The maximum atomic E-state index is 13.0. The second-order valence-corrected chi connectivity index (χ2v) is 4.87. The van der Waals surface area contributed by atoms with Crippen LogP contribution in [0.15, 0.2) is 36.4 Å². The average Bonchev–Trinajstić information content (AvgIpc) is 2.45. The molecule has 1 N–H and O–H groups in total. The zero-order chi connectivity index (χ0) is 15.2. The number of hydrogen-bond donors (Lipinski definition) is 1. The lowest BCUT2D eigenvalue weighted by Gasteiger charge is -2.09. The van der Waals surface area contributed by atoms with Gasteiger partial charge in [-0.2, -0.15) is 0 Å². The second kappa shape index (κ2) is 7.12. The number of aryl methyl sites for hydroxylation is 1. The molecule has 2 aromatic rings. The summed E-state index contributed by atoms with van der Waals surface area (Å²) in [6.45, 7) is 2.01. The van der Waals surface area contributed by atoms with Crippen LogP contribution in [-0.4, -0.2) is 11.7 Å². The molecule has 0 bridgehead atoms. The van der Waals surface area contributed by atoms with E-state index in [1.165, 1.54) is 12.1 Å². The lowest BCUT2D eigenvalue weighted by molar-refractivity contribution is 0.306. The molecule has 0 aliphatic rings. The number of halogens is 2. The summed E-state index contributed by atoms with van der Waals surface area (Å²) in [7, 11) is 0. The minimum atomic E-state index is -0.369. The van der Waals surface area contributed by atoms with E-state index in [1.54, 1.807) is 12.1 Å². The molecule has 0 atom stereocenters. The van der Waals surface area contributed by atoms with E-state index < -0.39 is 0 Å². The Balaban J connectivity index is 2.08. The predicted molar refractivity (Wildman–Crippen MR) is 80.9 cm³/mol. The standard InChI is InChI=1S/C17H14ClFO2/c1-12-9-16(7-5-13(12)3-2-8-20)21-11-14-4-6-15(19)10-17(14)18/h4-7,9-10,20H,8,11H2,1H3. The van der Waals surface area contributed by atoms with E-state index in [0.717, 1.165) is 16.7 Å². The Morgan fingerprint density at radius 3 is 2.71 bits per heavy atom. The van der Waals surface area contributed by atoms with Gasteiger partial charge in [0.2, 0.25) is 0 Å². The first-order chi connectivity index (χ1) is 10.1. The van der Waals surface area contributed by atoms with Crippen molar-refractivity contribution in [3.05, 3.63) is 63.9 Å². The molecule has 4 heteroatoms. The Hall–Kier alpha value is -2.02. The monoisotopic (exact) mass is 304 g/mol. The first-order valence-corrected chi connectivity index (χ1v) is 6.75. The van der Waals surface area contributed by atoms with Crippen LogP contribution in [-0.2, 0) is 6.61 Å². The fourth-order valence-electron chi connectivity index (χ4n) is 1.80. The summed E-state index contributed by atoms with van der Waals surface area (Å²) in [5, 5.41) is 9.04. The molecular weight excluding hydrogens is 291 g/mol. The molecule has 2 nitrogen and oxygen atoms in total. The SMILES string of the molecule is Cc1cc(OCc2ccc(F)cc2Cl)ccc1C#CCO. The normalized spacial score (nSPS) is 9.90. The number of hydrogen-bond acceptors (Lipinski definition) is 2. The number of ether oxygens (including phenoxy) is 1. The van der Waals surface area contributed by atoms with Crippen molar-refractivity contribution in [1.29, 1.82) is 0 Å². The van der Waals surface area contributed by atoms with Gasteiger partial charge in [-0.25, -0.2) is 4.39 Å². The van der Waals surface area contributed by atoms with Crippen molar-refractivity contribution in [2.75, 3.05) is 6.61 Å². The Bertz CT molecular complexity index is 702. The first-order valence-electron chi connectivity index (χ1n) is 6.37. The van der Waals surface area contributed by atoms with E-state index in [4.69, 9.17) is 21.4 Å². The molecule has 0 amide bonds. The summed E-state index contributed by atoms with van der Waals surface area (Å²) < 4.78 is 18.6. The molecule has 2 aromatic carbocycles. The third-order valence-electron chi connectivity index (χ3n) is 2.91. The predicted octanol–water partition coefficient (Wildman–Crippen LogP) is 3.71. The maximum absolute atomic E-state index is 13.0. The summed E-state index contributed by atoms with van der Waals surface area (Å²) in [5.74, 6) is 5.78. The van der Waals surface area contributed by atoms with Crippen molar-refractivity contribution >= 4 is 11.6 Å². The zero-order valence-corrected chi connectivity index (χ0v) is 12.2. The third-order valence-corrected chi connectivity index (χ3v) is 3.26. The van der Waals surface area contributed by atoms with Crippen LogP contribution in [0.1, 0.15) is 16.7 Å². The lowest BCUT2D eigenvalue weighted by atomic mass is 10.1. The summed E-state index contributed by atoms with van der Waals surface area (Å²) in [5.41, 5.74) is 2.52. The van der Waals surface area contributed by atoms with Gasteiger partial charge in [0.05, 0.1) is 5.02 Å². The molecule has 0 fully saturated rings. The number of aliphatic hydroxyl groups is 1. The van der Waals surface area contributed by atoms with E-state index in [9.17, 15) is 4.39 Å². The van der Waals surface area contributed by atoms with Crippen LogP contribution >= 0.6 is 11.6 Å². The molecule has 0 aliphatic carbocycles. The highest BCUT2D eigenvalue weighted by molar-refractivity contribution is 6.31. The molecule has 21 heavy (non-hydrogen) atoms. The van der Waals surface area contributed by atoms with E-state index >= 15 is 0 Å². The zero-order valence-electron chi connectivity index (χ0n) is 11.5. The molecule has 0 heterocycles. The van der Waals surface area contributed by atoms with Gasteiger partial charge >= 0.3 is 0 Å². The molecular formula is C17H14ClFO2. The van der Waals surface area contributed by atoms with Crippen LogP contribution in [0.4, 0.5) is 4.39 Å². The number of benzene rings is 2. The van der Waals surface area contributed by atoms with Crippen molar-refractivity contribution in [1.82, 2.24) is 0 Å². The van der Waals surface area contributed by atoms with Crippen molar-refractivity contribution in [2.45, 2.75) is 13.5 Å². The van der Waals surface area contributed by atoms with Gasteiger partial charge in [-0.1, -0.05) is 29.5 Å². The van der Waals surface area contributed by atoms with Gasteiger partial charge in [-0.15, -0.1) is 0 Å². The third kappa shape index (κ3) is 4.22. The molecule has 0 unspecified atom stereocenters. The maximum Gasteiger partial charge on any atom is 0.124 e. The summed E-state index contributed by atoms with van der Waals surface area (Å²) in [6.07, 6.45) is 0. The number of rotatable bonds is 3. The van der Waals surface area contributed by atoms with Crippen LogP contribution in [0.3, 0.4) is 0 Å². The molecule has 0 aromatic heterocycles. The average molecular weight is 305 g/mol. The van der Waals surface area contributed by atoms with Crippen LogP contribution in [0.25, 0.3) is 0 Å². The van der Waals surface area contributed by atoms with Crippen LogP contribution in [0.5, 0.6) is 5.75 Å². The van der Waals surface area contributed by atoms with Crippen LogP contribution < -0.4 is 4.74 Å². The topological polar surface area (TPSA) is 29.5 Å².